The van der Waals surface area contributed by atoms with Gasteiger partial charge in [-0.3, -0.25) is 4.79 Å². The van der Waals surface area contributed by atoms with Gasteiger partial charge in [-0.15, -0.1) is 0 Å². The van der Waals surface area contributed by atoms with Gasteiger partial charge in [-0.25, -0.2) is 0 Å². The van der Waals surface area contributed by atoms with E-state index in [1.807, 2.05) is 36.4 Å². The lowest BCUT2D eigenvalue weighted by molar-refractivity contribution is 0.0950. The van der Waals surface area contributed by atoms with Crippen molar-refractivity contribution in [2.75, 3.05) is 0 Å². The monoisotopic (exact) mass is 401 g/mol. The smallest absolute Gasteiger partial charge is 0.252 e. The van der Waals surface area contributed by atoms with Gasteiger partial charge in [0, 0.05) is 20.5 Å². The van der Waals surface area contributed by atoms with Gasteiger partial charge in [-0.2, -0.15) is 0 Å². The number of rotatable bonds is 3. The molecule has 0 aliphatic heterocycles. The van der Waals surface area contributed by atoms with Gasteiger partial charge in [0.25, 0.3) is 5.91 Å². The minimum atomic E-state index is -0.133. The highest BCUT2D eigenvalue weighted by Crippen LogP contribution is 2.21. The lowest BCUT2D eigenvalue weighted by atomic mass is 10.2. The summed E-state index contributed by atoms with van der Waals surface area (Å²) in [6.45, 7) is 0.395. The molecule has 5 heteroatoms. The summed E-state index contributed by atoms with van der Waals surface area (Å²) >= 11 is 12.8. The molecule has 2 aromatic rings. The van der Waals surface area contributed by atoms with Crippen LogP contribution in [0.5, 0.6) is 0 Å². The highest BCUT2D eigenvalue weighted by molar-refractivity contribution is 9.10. The standard InChI is InChI=1S/C14H10Br2ClNO/c15-10-6-5-9(13(17)7-10)8-18-14(19)11-3-1-2-4-12(11)16/h1-7H,8H2,(H,18,19). The number of carbonyl (C=O) groups excluding carboxylic acids is 1. The second-order valence-electron chi connectivity index (χ2n) is 3.90. The molecule has 1 N–H and O–H groups in total. The van der Waals surface area contributed by atoms with E-state index in [0.29, 0.717) is 17.1 Å². The number of amides is 1. The molecule has 0 saturated carbocycles. The first kappa shape index (κ1) is 14.6. The molecule has 0 saturated heterocycles. The summed E-state index contributed by atoms with van der Waals surface area (Å²) in [4.78, 5) is 12.0. The summed E-state index contributed by atoms with van der Waals surface area (Å²) in [5, 5.41) is 3.47. The van der Waals surface area contributed by atoms with E-state index in [2.05, 4.69) is 37.2 Å². The Morgan fingerprint density at radius 1 is 1.16 bits per heavy atom. The normalized spacial score (nSPS) is 10.3. The summed E-state index contributed by atoms with van der Waals surface area (Å²) in [6.07, 6.45) is 0. The number of nitrogens with one attached hydrogen (secondary N) is 1. The Bertz CT molecular complexity index is 616. The van der Waals surface area contributed by atoms with Gasteiger partial charge in [0.15, 0.2) is 0 Å². The van der Waals surface area contributed by atoms with Crippen LogP contribution in [-0.2, 0) is 6.54 Å². The Labute approximate surface area is 133 Å². The van der Waals surface area contributed by atoms with E-state index in [1.54, 1.807) is 6.07 Å². The van der Waals surface area contributed by atoms with Crippen LogP contribution in [-0.4, -0.2) is 5.91 Å². The lowest BCUT2D eigenvalue weighted by Gasteiger charge is -2.08. The molecular formula is C14H10Br2ClNO. The molecule has 0 fully saturated rings. The maximum atomic E-state index is 12.0. The van der Waals surface area contributed by atoms with Crippen molar-refractivity contribution < 1.29 is 4.79 Å². The SMILES string of the molecule is O=C(NCc1ccc(Br)cc1Cl)c1ccccc1Br. The molecule has 0 aromatic heterocycles. The molecular weight excluding hydrogens is 393 g/mol. The van der Waals surface area contributed by atoms with Gasteiger partial charge < -0.3 is 5.32 Å². The molecule has 0 atom stereocenters. The van der Waals surface area contributed by atoms with Crippen molar-refractivity contribution in [1.82, 2.24) is 5.32 Å². The van der Waals surface area contributed by atoms with E-state index >= 15 is 0 Å². The molecule has 98 valence electrons. The van der Waals surface area contributed by atoms with E-state index in [0.717, 1.165) is 14.5 Å². The Morgan fingerprint density at radius 3 is 2.58 bits per heavy atom. The summed E-state index contributed by atoms with van der Waals surface area (Å²) in [7, 11) is 0. The first-order chi connectivity index (χ1) is 9.08. The van der Waals surface area contributed by atoms with Crippen LogP contribution in [0.3, 0.4) is 0 Å². The molecule has 2 aromatic carbocycles. The highest BCUT2D eigenvalue weighted by Gasteiger charge is 2.09. The van der Waals surface area contributed by atoms with Gasteiger partial charge in [0.05, 0.1) is 5.56 Å². The maximum Gasteiger partial charge on any atom is 0.252 e. The maximum absolute atomic E-state index is 12.0. The van der Waals surface area contributed by atoms with Crippen molar-refractivity contribution in [3.8, 4) is 0 Å². The van der Waals surface area contributed by atoms with Crippen molar-refractivity contribution >= 4 is 49.4 Å². The molecule has 2 nitrogen and oxygen atoms in total. The van der Waals surface area contributed by atoms with Crippen LogP contribution in [0.2, 0.25) is 5.02 Å². The number of carbonyl (C=O) groups is 1. The third kappa shape index (κ3) is 3.81. The average Bonchev–Trinajstić information content (AvgIpc) is 2.38. The molecule has 0 aliphatic rings. The van der Waals surface area contributed by atoms with Crippen LogP contribution >= 0.6 is 43.5 Å². The summed E-state index contributed by atoms with van der Waals surface area (Å²) < 4.78 is 1.69. The van der Waals surface area contributed by atoms with Crippen LogP contribution in [0.15, 0.2) is 51.4 Å². The Kier molecular flexibility index (Phi) is 5.02. The molecule has 0 bridgehead atoms. The van der Waals surface area contributed by atoms with Crippen molar-refractivity contribution in [2.24, 2.45) is 0 Å². The van der Waals surface area contributed by atoms with Crippen LogP contribution in [0, 0.1) is 0 Å². The van der Waals surface area contributed by atoms with Crippen LogP contribution in [0.1, 0.15) is 15.9 Å². The second-order valence-corrected chi connectivity index (χ2v) is 6.08. The fourth-order valence-corrected chi connectivity index (χ4v) is 2.79. The van der Waals surface area contributed by atoms with Gasteiger partial charge in [-0.05, 0) is 45.8 Å². The first-order valence-corrected chi connectivity index (χ1v) is 7.51. The van der Waals surface area contributed by atoms with E-state index in [4.69, 9.17) is 11.6 Å². The van der Waals surface area contributed by atoms with Crippen LogP contribution in [0.4, 0.5) is 0 Å². The number of benzene rings is 2. The Morgan fingerprint density at radius 2 is 1.89 bits per heavy atom. The van der Waals surface area contributed by atoms with E-state index in [9.17, 15) is 4.79 Å². The molecule has 0 spiro atoms. The average molecular weight is 404 g/mol. The molecule has 0 heterocycles. The van der Waals surface area contributed by atoms with Gasteiger partial charge in [0.2, 0.25) is 0 Å². The molecule has 1 amide bonds. The fourth-order valence-electron chi connectivity index (χ4n) is 1.58. The predicted octanol–water partition coefficient (Wildman–Crippen LogP) is 4.80. The highest BCUT2D eigenvalue weighted by atomic mass is 79.9. The second kappa shape index (κ2) is 6.55. The summed E-state index contributed by atoms with van der Waals surface area (Å²) in [5.41, 5.74) is 1.49. The van der Waals surface area contributed by atoms with Crippen molar-refractivity contribution in [3.63, 3.8) is 0 Å². The lowest BCUT2D eigenvalue weighted by Crippen LogP contribution is -2.23. The fraction of sp³-hybridized carbons (Fsp3) is 0.0714. The number of hydrogen-bond donors (Lipinski definition) is 1. The molecule has 0 unspecified atom stereocenters. The van der Waals surface area contributed by atoms with Crippen LogP contribution < -0.4 is 5.32 Å². The molecule has 0 aliphatic carbocycles. The minimum Gasteiger partial charge on any atom is -0.348 e. The first-order valence-electron chi connectivity index (χ1n) is 5.54. The summed E-state index contributed by atoms with van der Waals surface area (Å²) in [5.74, 6) is -0.133. The topological polar surface area (TPSA) is 29.1 Å². The van der Waals surface area contributed by atoms with Gasteiger partial charge in [-0.1, -0.05) is 45.7 Å². The predicted molar refractivity (Wildman–Crippen MR) is 84.5 cm³/mol. The molecule has 2 rings (SSSR count). The van der Waals surface area contributed by atoms with Crippen molar-refractivity contribution in [3.05, 3.63) is 67.6 Å². The van der Waals surface area contributed by atoms with Gasteiger partial charge in [0.1, 0.15) is 0 Å². The third-order valence-electron chi connectivity index (χ3n) is 2.57. The van der Waals surface area contributed by atoms with E-state index < -0.39 is 0 Å². The van der Waals surface area contributed by atoms with E-state index in [-0.39, 0.29) is 5.91 Å². The molecule has 0 radical (unpaired) electrons. The molecule has 19 heavy (non-hydrogen) atoms. The largest absolute Gasteiger partial charge is 0.348 e. The number of halogens is 3. The Balaban J connectivity index is 2.07. The van der Waals surface area contributed by atoms with Gasteiger partial charge >= 0.3 is 0 Å². The van der Waals surface area contributed by atoms with E-state index in [1.165, 1.54) is 0 Å². The zero-order valence-corrected chi connectivity index (χ0v) is 13.7. The van der Waals surface area contributed by atoms with Crippen molar-refractivity contribution in [2.45, 2.75) is 6.54 Å². The Hall–Kier alpha value is -0.840. The van der Waals surface area contributed by atoms with Crippen LogP contribution in [0.25, 0.3) is 0 Å². The quantitative estimate of drug-likeness (QED) is 0.784. The zero-order chi connectivity index (χ0) is 13.8. The number of hydrogen-bond acceptors (Lipinski definition) is 1. The third-order valence-corrected chi connectivity index (χ3v) is 4.11. The summed E-state index contributed by atoms with van der Waals surface area (Å²) in [6, 6.07) is 12.9. The van der Waals surface area contributed by atoms with Crippen molar-refractivity contribution in [1.29, 1.82) is 0 Å². The minimum absolute atomic E-state index is 0.133. The zero-order valence-electron chi connectivity index (χ0n) is 9.79.